The molecule has 0 unspecified atom stereocenters. The number of nitrogens with zero attached hydrogens (tertiary/aromatic N) is 2. The molecule has 0 spiro atoms. The van der Waals surface area contributed by atoms with Crippen LogP contribution in [0.5, 0.6) is 0 Å². The summed E-state index contributed by atoms with van der Waals surface area (Å²) in [5.74, 6) is -0.0911. The molecule has 2 fully saturated rings. The number of nitrogens with one attached hydrogen (secondary N) is 1. The molecule has 1 aromatic heterocycles. The number of ether oxygens (including phenoxy) is 2. The standard InChI is InChI=1S/C12H17ClN4O3/c1-12(2)19-9-5(3-6(18)10(9)20-12)15-8-4-7(13)16-11(14)17-8/h4-6,9-10,18H,3H2,1-2H3,(H3,14,15,16,17)/t5-,6-,9+,10-/m1/s1. The van der Waals surface area contributed by atoms with E-state index in [0.29, 0.717) is 12.2 Å². The molecule has 7 nitrogen and oxygen atoms in total. The number of hydrogen-bond donors (Lipinski definition) is 3. The summed E-state index contributed by atoms with van der Waals surface area (Å²) in [5, 5.41) is 13.5. The number of rotatable bonds is 2. The molecule has 4 atom stereocenters. The van der Waals surface area contributed by atoms with E-state index in [1.807, 2.05) is 13.8 Å². The number of aromatic nitrogens is 2. The first-order valence-electron chi connectivity index (χ1n) is 6.44. The van der Waals surface area contributed by atoms with Crippen molar-refractivity contribution in [3.63, 3.8) is 0 Å². The first kappa shape index (κ1) is 13.8. The normalized spacial score (nSPS) is 35.0. The zero-order valence-corrected chi connectivity index (χ0v) is 12.0. The van der Waals surface area contributed by atoms with Gasteiger partial charge in [0.25, 0.3) is 0 Å². The highest BCUT2D eigenvalue weighted by atomic mass is 35.5. The summed E-state index contributed by atoms with van der Waals surface area (Å²) in [6, 6.07) is 1.46. The predicted octanol–water partition coefficient (Wildman–Crippen LogP) is 0.777. The molecule has 8 heteroatoms. The summed E-state index contributed by atoms with van der Waals surface area (Å²) < 4.78 is 11.5. The Labute approximate surface area is 121 Å². The Morgan fingerprint density at radius 1 is 1.40 bits per heavy atom. The van der Waals surface area contributed by atoms with Gasteiger partial charge in [-0.3, -0.25) is 0 Å². The lowest BCUT2D eigenvalue weighted by atomic mass is 10.2. The van der Waals surface area contributed by atoms with Crippen molar-refractivity contribution in [1.82, 2.24) is 9.97 Å². The minimum absolute atomic E-state index is 0.0963. The average molecular weight is 301 g/mol. The molecule has 1 saturated carbocycles. The number of aliphatic hydroxyl groups is 1. The van der Waals surface area contributed by atoms with Gasteiger partial charge in [-0.25, -0.2) is 4.98 Å². The van der Waals surface area contributed by atoms with E-state index >= 15 is 0 Å². The molecule has 0 bridgehead atoms. The van der Waals surface area contributed by atoms with Gasteiger partial charge in [0.05, 0.1) is 12.1 Å². The molecule has 20 heavy (non-hydrogen) atoms. The van der Waals surface area contributed by atoms with Gasteiger partial charge < -0.3 is 25.6 Å². The van der Waals surface area contributed by atoms with E-state index in [0.717, 1.165) is 0 Å². The van der Waals surface area contributed by atoms with E-state index in [1.165, 1.54) is 0 Å². The topological polar surface area (TPSA) is 103 Å². The quantitative estimate of drug-likeness (QED) is 0.693. The molecule has 1 aliphatic heterocycles. The van der Waals surface area contributed by atoms with Crippen molar-refractivity contribution in [3.8, 4) is 0 Å². The van der Waals surface area contributed by atoms with Gasteiger partial charge in [0.15, 0.2) is 5.79 Å². The number of nitrogen functional groups attached to an aromatic ring is 1. The van der Waals surface area contributed by atoms with Crippen LogP contribution in [0.1, 0.15) is 20.3 Å². The SMILES string of the molecule is CC1(C)O[C@@H]2[C@H](O1)[C@H](O)C[C@H]2Nc1cc(Cl)nc(N)n1. The Morgan fingerprint density at radius 2 is 2.10 bits per heavy atom. The Hall–Kier alpha value is -1.15. The summed E-state index contributed by atoms with van der Waals surface area (Å²) in [6.07, 6.45) is -0.645. The van der Waals surface area contributed by atoms with Crippen molar-refractivity contribution in [2.45, 2.75) is 50.4 Å². The highest BCUT2D eigenvalue weighted by molar-refractivity contribution is 6.29. The van der Waals surface area contributed by atoms with E-state index < -0.39 is 11.9 Å². The van der Waals surface area contributed by atoms with Crippen LogP contribution in [0.25, 0.3) is 0 Å². The van der Waals surface area contributed by atoms with Crippen LogP contribution in [-0.2, 0) is 9.47 Å². The average Bonchev–Trinajstić information content (AvgIpc) is 2.74. The van der Waals surface area contributed by atoms with Crippen LogP contribution >= 0.6 is 11.6 Å². The van der Waals surface area contributed by atoms with Crippen LogP contribution in [0.4, 0.5) is 11.8 Å². The predicted molar refractivity (Wildman–Crippen MR) is 73.3 cm³/mol. The van der Waals surface area contributed by atoms with Gasteiger partial charge in [-0.2, -0.15) is 4.98 Å². The second kappa shape index (κ2) is 4.70. The van der Waals surface area contributed by atoms with Gasteiger partial charge in [-0.15, -0.1) is 0 Å². The number of nitrogens with two attached hydrogens (primary N) is 1. The zero-order chi connectivity index (χ0) is 14.5. The maximum absolute atomic E-state index is 10.1. The molecular formula is C12H17ClN4O3. The summed E-state index contributed by atoms with van der Waals surface area (Å²) in [5.41, 5.74) is 5.56. The smallest absolute Gasteiger partial charge is 0.223 e. The number of halogens is 1. The molecule has 1 aromatic rings. The van der Waals surface area contributed by atoms with Gasteiger partial charge in [-0.1, -0.05) is 11.6 Å². The number of anilines is 2. The largest absolute Gasteiger partial charge is 0.390 e. The Kier molecular flexibility index (Phi) is 3.24. The third kappa shape index (κ3) is 2.54. The summed E-state index contributed by atoms with van der Waals surface area (Å²) in [7, 11) is 0. The minimum atomic E-state index is -0.695. The van der Waals surface area contributed by atoms with E-state index in [4.69, 9.17) is 26.8 Å². The Bertz CT molecular complexity index is 507. The van der Waals surface area contributed by atoms with Crippen molar-refractivity contribution < 1.29 is 14.6 Å². The lowest BCUT2D eigenvalue weighted by molar-refractivity contribution is -0.162. The minimum Gasteiger partial charge on any atom is -0.390 e. The first-order chi connectivity index (χ1) is 9.34. The van der Waals surface area contributed by atoms with Crippen LogP contribution < -0.4 is 11.1 Å². The third-order valence-electron chi connectivity index (χ3n) is 3.48. The van der Waals surface area contributed by atoms with Gasteiger partial charge in [0.1, 0.15) is 23.2 Å². The molecule has 3 rings (SSSR count). The van der Waals surface area contributed by atoms with Gasteiger partial charge in [0.2, 0.25) is 5.95 Å². The van der Waals surface area contributed by atoms with Gasteiger partial charge in [-0.05, 0) is 20.3 Å². The van der Waals surface area contributed by atoms with E-state index in [9.17, 15) is 5.11 Å². The third-order valence-corrected chi connectivity index (χ3v) is 3.67. The molecule has 1 saturated heterocycles. The summed E-state index contributed by atoms with van der Waals surface area (Å²) >= 11 is 5.84. The Morgan fingerprint density at radius 3 is 2.80 bits per heavy atom. The molecule has 0 radical (unpaired) electrons. The van der Waals surface area contributed by atoms with Crippen molar-refractivity contribution in [1.29, 1.82) is 0 Å². The van der Waals surface area contributed by atoms with Crippen LogP contribution in [0, 0.1) is 0 Å². The van der Waals surface area contributed by atoms with E-state index in [2.05, 4.69) is 15.3 Å². The highest BCUT2D eigenvalue weighted by Gasteiger charge is 2.53. The fourth-order valence-corrected chi connectivity index (χ4v) is 2.98. The number of hydrogen-bond acceptors (Lipinski definition) is 7. The monoisotopic (exact) mass is 300 g/mol. The Balaban J connectivity index is 1.78. The lowest BCUT2D eigenvalue weighted by Gasteiger charge is -2.23. The molecule has 110 valence electrons. The first-order valence-corrected chi connectivity index (χ1v) is 6.82. The molecule has 2 aliphatic rings. The maximum Gasteiger partial charge on any atom is 0.223 e. The lowest BCUT2D eigenvalue weighted by Crippen LogP contribution is -2.34. The summed E-state index contributed by atoms with van der Waals surface area (Å²) in [6.45, 7) is 3.66. The second-order valence-corrected chi connectivity index (χ2v) is 5.94. The molecule has 0 aromatic carbocycles. The number of aliphatic hydroxyl groups excluding tert-OH is 1. The molecule has 0 amide bonds. The van der Waals surface area contributed by atoms with Crippen molar-refractivity contribution in [3.05, 3.63) is 11.2 Å². The van der Waals surface area contributed by atoms with Crippen molar-refractivity contribution >= 4 is 23.4 Å². The van der Waals surface area contributed by atoms with Crippen LogP contribution in [0.3, 0.4) is 0 Å². The zero-order valence-electron chi connectivity index (χ0n) is 11.2. The van der Waals surface area contributed by atoms with Gasteiger partial charge >= 0.3 is 0 Å². The van der Waals surface area contributed by atoms with Gasteiger partial charge in [0, 0.05) is 6.07 Å². The summed E-state index contributed by atoms with van der Waals surface area (Å²) in [4.78, 5) is 7.87. The van der Waals surface area contributed by atoms with E-state index in [1.54, 1.807) is 6.07 Å². The fraction of sp³-hybridized carbons (Fsp3) is 0.667. The maximum atomic E-state index is 10.1. The molecular weight excluding hydrogens is 284 g/mol. The number of fused-ring (bicyclic) bond motifs is 1. The molecule has 1 aliphatic carbocycles. The second-order valence-electron chi connectivity index (χ2n) is 5.55. The van der Waals surface area contributed by atoms with Crippen molar-refractivity contribution in [2.75, 3.05) is 11.1 Å². The molecule has 4 N–H and O–H groups in total. The van der Waals surface area contributed by atoms with E-state index in [-0.39, 0.29) is 29.4 Å². The van der Waals surface area contributed by atoms with Crippen LogP contribution in [0.2, 0.25) is 5.15 Å². The highest BCUT2D eigenvalue weighted by Crippen LogP contribution is 2.39. The molecule has 2 heterocycles. The van der Waals surface area contributed by atoms with Crippen LogP contribution in [-0.4, -0.2) is 45.2 Å². The van der Waals surface area contributed by atoms with Crippen LogP contribution in [0.15, 0.2) is 6.07 Å². The fourth-order valence-electron chi connectivity index (χ4n) is 2.79. The van der Waals surface area contributed by atoms with Crippen molar-refractivity contribution in [2.24, 2.45) is 0 Å².